The van der Waals surface area contributed by atoms with Gasteiger partial charge in [-0.15, -0.1) is 0 Å². The van der Waals surface area contributed by atoms with Gasteiger partial charge in [-0.25, -0.2) is 4.99 Å². The fourth-order valence-corrected chi connectivity index (χ4v) is 4.00. The number of anilines is 1. The van der Waals surface area contributed by atoms with Gasteiger partial charge < -0.3 is 11.5 Å². The maximum Gasteiger partial charge on any atom is 0.296 e. The summed E-state index contributed by atoms with van der Waals surface area (Å²) in [5.74, 6) is 0.167. The zero-order valence-electron chi connectivity index (χ0n) is 12.5. The van der Waals surface area contributed by atoms with E-state index in [1.165, 1.54) is 12.1 Å². The lowest BCUT2D eigenvalue weighted by Gasteiger charge is -2.45. The first-order valence-corrected chi connectivity index (χ1v) is 8.84. The Morgan fingerprint density at radius 2 is 1.78 bits per heavy atom. The number of nitrogens with two attached hydrogens (primary N) is 2. The normalized spacial score (nSPS) is 21.0. The Balaban J connectivity index is 2.19. The van der Waals surface area contributed by atoms with Crippen molar-refractivity contribution < 1.29 is 13.0 Å². The van der Waals surface area contributed by atoms with Crippen molar-refractivity contribution in [3.8, 4) is 0 Å². The minimum absolute atomic E-state index is 0.0792. The molecule has 0 saturated heterocycles. The maximum atomic E-state index is 11.7. The van der Waals surface area contributed by atoms with Gasteiger partial charge in [0.1, 0.15) is 10.6 Å². The number of hydrogen-bond acceptors (Lipinski definition) is 7. The van der Waals surface area contributed by atoms with Crippen LogP contribution in [0, 0.1) is 0 Å². The Morgan fingerprint density at radius 3 is 2.43 bits per heavy atom. The molecule has 0 atom stereocenters. The molecule has 0 aromatic heterocycles. The lowest BCUT2D eigenvalue weighted by atomic mass is 9.87. The van der Waals surface area contributed by atoms with Crippen molar-refractivity contribution in [1.82, 2.24) is 0 Å². The molecule has 0 radical (unpaired) electrons. The van der Waals surface area contributed by atoms with Gasteiger partial charge in [0.05, 0.1) is 5.69 Å². The van der Waals surface area contributed by atoms with Crippen LogP contribution in [0.4, 0.5) is 5.69 Å². The molecule has 5 N–H and O–H groups in total. The molecule has 1 aliphatic heterocycles. The van der Waals surface area contributed by atoms with Crippen LogP contribution in [0.1, 0.15) is 32.1 Å². The fraction of sp³-hybridized carbons (Fsp3) is 0.429. The largest absolute Gasteiger partial charge is 0.369 e. The molecule has 1 fully saturated rings. The zero-order chi connectivity index (χ0) is 16.7. The zero-order valence-corrected chi connectivity index (χ0v) is 13.3. The first kappa shape index (κ1) is 15.8. The minimum atomic E-state index is -4.41. The van der Waals surface area contributed by atoms with Crippen molar-refractivity contribution in [2.45, 2.75) is 42.7 Å². The van der Waals surface area contributed by atoms with Crippen molar-refractivity contribution in [3.05, 3.63) is 24.3 Å². The van der Waals surface area contributed by atoms with Crippen LogP contribution in [0.5, 0.6) is 0 Å². The van der Waals surface area contributed by atoms with E-state index >= 15 is 0 Å². The summed E-state index contributed by atoms with van der Waals surface area (Å²) >= 11 is 0. The smallest absolute Gasteiger partial charge is 0.296 e. The molecule has 0 amide bonds. The van der Waals surface area contributed by atoms with Gasteiger partial charge in [0.15, 0.2) is 0 Å². The van der Waals surface area contributed by atoms with Crippen LogP contribution in [0.25, 0.3) is 0 Å². The first-order chi connectivity index (χ1) is 10.8. The van der Waals surface area contributed by atoms with Crippen molar-refractivity contribution in [3.63, 3.8) is 0 Å². The Kier molecular flexibility index (Phi) is 3.77. The summed E-state index contributed by atoms with van der Waals surface area (Å²) < 4.78 is 33.0. The highest BCUT2D eigenvalue weighted by Gasteiger charge is 2.44. The van der Waals surface area contributed by atoms with Gasteiger partial charge in [0.25, 0.3) is 10.1 Å². The molecule has 8 nitrogen and oxygen atoms in total. The van der Waals surface area contributed by atoms with Gasteiger partial charge >= 0.3 is 0 Å². The number of rotatable bonds is 2. The van der Waals surface area contributed by atoms with E-state index in [4.69, 9.17) is 11.5 Å². The molecule has 0 unspecified atom stereocenters. The SMILES string of the molecule is NC1=NC2(CCCCC2)N(c2ccccc2S(=O)(=O)O)C(N)=N1. The number of benzene rings is 1. The van der Waals surface area contributed by atoms with Crippen molar-refractivity contribution in [2.24, 2.45) is 21.5 Å². The van der Waals surface area contributed by atoms with Crippen molar-refractivity contribution in [2.75, 3.05) is 4.90 Å². The van der Waals surface area contributed by atoms with E-state index in [-0.39, 0.29) is 22.5 Å². The van der Waals surface area contributed by atoms with Gasteiger partial charge in [-0.2, -0.15) is 13.4 Å². The molecule has 2 aliphatic rings. The number of aliphatic imine (C=N–C) groups is 2. The molecule has 1 heterocycles. The molecule has 1 saturated carbocycles. The average molecular weight is 337 g/mol. The summed E-state index contributed by atoms with van der Waals surface area (Å²) in [6.45, 7) is 0. The molecular formula is C14H19N5O3S. The number of guanidine groups is 2. The summed E-state index contributed by atoms with van der Waals surface area (Å²) in [6, 6.07) is 6.12. The summed E-state index contributed by atoms with van der Waals surface area (Å²) in [4.78, 5) is 9.83. The number of nitrogens with zero attached hydrogens (tertiary/aromatic N) is 3. The molecule has 23 heavy (non-hydrogen) atoms. The molecular weight excluding hydrogens is 318 g/mol. The standard InChI is InChI=1S/C14H19N5O3S/c15-12-17-13(16)19(14(18-12)8-4-1-5-9-14)10-6-2-3-7-11(10)23(20,21)22/h2-3,6-7H,1,4-5,8-9H2,(H,20,21,22)(H4,15,16,17,18). The van der Waals surface area contributed by atoms with E-state index in [0.717, 1.165) is 19.3 Å². The molecule has 1 aromatic carbocycles. The van der Waals surface area contributed by atoms with Crippen LogP contribution < -0.4 is 16.4 Å². The molecule has 9 heteroatoms. The van der Waals surface area contributed by atoms with Crippen LogP contribution in [0.3, 0.4) is 0 Å². The second kappa shape index (κ2) is 5.50. The minimum Gasteiger partial charge on any atom is -0.369 e. The highest BCUT2D eigenvalue weighted by molar-refractivity contribution is 7.86. The van der Waals surface area contributed by atoms with Crippen LogP contribution in [0.15, 0.2) is 39.1 Å². The Labute approximate surface area is 134 Å². The van der Waals surface area contributed by atoms with E-state index in [1.807, 2.05) is 0 Å². The summed E-state index contributed by atoms with van der Waals surface area (Å²) in [7, 11) is -4.41. The van der Waals surface area contributed by atoms with Crippen LogP contribution >= 0.6 is 0 Å². The second-order valence-electron chi connectivity index (χ2n) is 5.76. The highest BCUT2D eigenvalue weighted by Crippen LogP contribution is 2.41. The summed E-state index contributed by atoms with van der Waals surface area (Å²) in [5, 5.41) is 0. The molecule has 124 valence electrons. The van der Waals surface area contributed by atoms with Crippen LogP contribution in [0.2, 0.25) is 0 Å². The van der Waals surface area contributed by atoms with E-state index in [2.05, 4.69) is 9.98 Å². The highest BCUT2D eigenvalue weighted by atomic mass is 32.2. The fourth-order valence-electron chi connectivity index (χ4n) is 3.33. The third-order valence-corrected chi connectivity index (χ3v) is 5.14. The molecule has 3 rings (SSSR count). The Bertz CT molecular complexity index is 781. The van der Waals surface area contributed by atoms with Gasteiger partial charge in [0.2, 0.25) is 11.9 Å². The molecule has 0 bridgehead atoms. The third kappa shape index (κ3) is 2.77. The van der Waals surface area contributed by atoms with E-state index in [0.29, 0.717) is 12.8 Å². The quantitative estimate of drug-likeness (QED) is 0.690. The lowest BCUT2D eigenvalue weighted by molar-refractivity contribution is 0.304. The maximum absolute atomic E-state index is 11.7. The average Bonchev–Trinajstić information content (AvgIpc) is 2.46. The van der Waals surface area contributed by atoms with Gasteiger partial charge in [0, 0.05) is 0 Å². The number of para-hydroxylation sites is 1. The monoisotopic (exact) mass is 337 g/mol. The molecule has 1 aliphatic carbocycles. The Hall–Kier alpha value is -2.13. The molecule has 1 spiro atoms. The Morgan fingerprint density at radius 1 is 1.13 bits per heavy atom. The van der Waals surface area contributed by atoms with Gasteiger partial charge in [-0.1, -0.05) is 18.6 Å². The predicted molar refractivity (Wildman–Crippen MR) is 87.8 cm³/mol. The van der Waals surface area contributed by atoms with Gasteiger partial charge in [-0.05, 0) is 37.8 Å². The van der Waals surface area contributed by atoms with E-state index in [9.17, 15) is 13.0 Å². The van der Waals surface area contributed by atoms with E-state index < -0.39 is 15.8 Å². The lowest BCUT2D eigenvalue weighted by Crippen LogP contribution is -2.58. The number of hydrogen-bond donors (Lipinski definition) is 3. The summed E-state index contributed by atoms with van der Waals surface area (Å²) in [5.41, 5.74) is 11.3. The predicted octanol–water partition coefficient (Wildman–Crippen LogP) is 1.04. The first-order valence-electron chi connectivity index (χ1n) is 7.40. The van der Waals surface area contributed by atoms with Crippen LogP contribution in [-0.4, -0.2) is 30.6 Å². The van der Waals surface area contributed by atoms with Gasteiger partial charge in [-0.3, -0.25) is 9.45 Å². The third-order valence-electron chi connectivity index (χ3n) is 4.24. The second-order valence-corrected chi connectivity index (χ2v) is 7.15. The van der Waals surface area contributed by atoms with Crippen molar-refractivity contribution in [1.29, 1.82) is 0 Å². The van der Waals surface area contributed by atoms with Crippen LogP contribution in [-0.2, 0) is 10.1 Å². The summed E-state index contributed by atoms with van der Waals surface area (Å²) in [6.07, 6.45) is 4.29. The van der Waals surface area contributed by atoms with E-state index in [1.54, 1.807) is 17.0 Å². The molecule has 1 aromatic rings. The topological polar surface area (TPSA) is 134 Å². The van der Waals surface area contributed by atoms with Crippen molar-refractivity contribution >= 4 is 27.7 Å².